The van der Waals surface area contributed by atoms with Gasteiger partial charge in [-0.05, 0) is 101 Å². The van der Waals surface area contributed by atoms with Gasteiger partial charge >= 0.3 is 12.2 Å². The first-order valence-electron chi connectivity index (χ1n) is 18.6. The number of benzene rings is 1. The van der Waals surface area contributed by atoms with E-state index in [2.05, 4.69) is 42.7 Å². The van der Waals surface area contributed by atoms with Crippen LogP contribution in [-0.4, -0.2) is 112 Å². The summed E-state index contributed by atoms with van der Waals surface area (Å²) in [6, 6.07) is 5.83. The molecule has 0 radical (unpaired) electrons. The highest BCUT2D eigenvalue weighted by atomic mass is 32.2. The Kier molecular flexibility index (Phi) is 10.9. The fourth-order valence-electron chi connectivity index (χ4n) is 8.12. The molecule has 6 heterocycles. The number of hydrogen-bond acceptors (Lipinski definition) is 9. The number of aromatic nitrogens is 4. The molecule has 4 aliphatic heterocycles. The second kappa shape index (κ2) is 15.5. The van der Waals surface area contributed by atoms with Crippen molar-refractivity contribution in [2.45, 2.75) is 75.9 Å². The molecule has 4 saturated heterocycles. The highest BCUT2D eigenvalue weighted by Gasteiger charge is 2.36. The van der Waals surface area contributed by atoms with Crippen LogP contribution < -0.4 is 15.5 Å². The highest BCUT2D eigenvalue weighted by Crippen LogP contribution is 2.34. The lowest BCUT2D eigenvalue weighted by Gasteiger charge is -2.38. The smallest absolute Gasteiger partial charge is 0.351 e. The quantitative estimate of drug-likeness (QED) is 0.308. The molecule has 3 aromatic rings. The molecule has 0 bridgehead atoms. The third-order valence-electron chi connectivity index (χ3n) is 11.3. The predicted molar refractivity (Wildman–Crippen MR) is 192 cm³/mol. The van der Waals surface area contributed by atoms with Crippen LogP contribution in [-0.2, 0) is 28.2 Å². The van der Waals surface area contributed by atoms with E-state index in [0.29, 0.717) is 63.2 Å². The molecule has 1 aromatic carbocycles. The number of rotatable bonds is 10. The van der Waals surface area contributed by atoms with Gasteiger partial charge in [-0.3, -0.25) is 19.7 Å². The van der Waals surface area contributed by atoms with Crippen molar-refractivity contribution >= 4 is 44.8 Å². The Balaban J connectivity index is 0.809. The van der Waals surface area contributed by atoms with Gasteiger partial charge in [-0.25, -0.2) is 14.8 Å². The van der Waals surface area contributed by atoms with E-state index in [-0.39, 0.29) is 24.3 Å². The average Bonchev–Trinajstić information content (AvgIpc) is 3.47. The largest absolute Gasteiger partial charge is 0.419 e. The topological polar surface area (TPSA) is 149 Å². The number of carbonyl (C=O) groups excluding carboxylic acids is 2. The van der Waals surface area contributed by atoms with Gasteiger partial charge in [0, 0.05) is 70.0 Å². The second-order valence-electron chi connectivity index (χ2n) is 14.7. The summed E-state index contributed by atoms with van der Waals surface area (Å²) in [6.45, 7) is 5.11. The molecule has 4 fully saturated rings. The maximum Gasteiger partial charge on any atom is 0.419 e. The molecule has 7 rings (SSSR count). The minimum absolute atomic E-state index is 0.105. The number of hydrogen-bond donors (Lipinski definition) is 2. The molecule has 288 valence electrons. The first kappa shape index (κ1) is 37.4. The maximum absolute atomic E-state index is 13.4. The molecule has 2 aromatic heterocycles. The molecule has 0 atom stereocenters. The van der Waals surface area contributed by atoms with Gasteiger partial charge in [0.25, 0.3) is 10.2 Å². The predicted octanol–water partition coefficient (Wildman–Crippen LogP) is 4.32. The first-order chi connectivity index (χ1) is 25.3. The van der Waals surface area contributed by atoms with Crippen molar-refractivity contribution in [3.63, 3.8) is 0 Å². The van der Waals surface area contributed by atoms with Crippen molar-refractivity contribution in [1.29, 1.82) is 0 Å². The van der Waals surface area contributed by atoms with Gasteiger partial charge in [-0.15, -0.1) is 0 Å². The summed E-state index contributed by atoms with van der Waals surface area (Å²) >= 11 is 0. The summed E-state index contributed by atoms with van der Waals surface area (Å²) in [7, 11) is -1.69. The van der Waals surface area contributed by atoms with Crippen molar-refractivity contribution in [1.82, 2.24) is 38.6 Å². The normalized spacial score (nSPS) is 21.4. The second-order valence-corrected chi connectivity index (χ2v) is 16.6. The summed E-state index contributed by atoms with van der Waals surface area (Å²) < 4.78 is 70.2. The zero-order valence-corrected chi connectivity index (χ0v) is 30.7. The molecule has 3 amide bonds. The van der Waals surface area contributed by atoms with Gasteiger partial charge in [0.15, 0.2) is 5.82 Å². The summed E-state index contributed by atoms with van der Waals surface area (Å²) in [5.41, 5.74) is 1.34. The van der Waals surface area contributed by atoms with E-state index < -0.39 is 28.0 Å². The molecule has 0 saturated carbocycles. The third-order valence-corrected chi connectivity index (χ3v) is 13.3. The number of imide groups is 1. The summed E-state index contributed by atoms with van der Waals surface area (Å²) in [4.78, 5) is 35.7. The number of alkyl halides is 3. The van der Waals surface area contributed by atoms with Gasteiger partial charge in [0.1, 0.15) is 0 Å². The zero-order valence-electron chi connectivity index (χ0n) is 29.9. The molecule has 0 spiro atoms. The number of aryl methyl sites for hydroxylation is 1. The Hall–Kier alpha value is -3.87. The van der Waals surface area contributed by atoms with Crippen LogP contribution in [0.4, 0.5) is 29.7 Å². The zero-order chi connectivity index (χ0) is 37.3. The molecular weight excluding hydrogens is 714 g/mol. The monoisotopic (exact) mass is 760 g/mol. The minimum atomic E-state index is -4.50. The van der Waals surface area contributed by atoms with Crippen molar-refractivity contribution < 1.29 is 31.2 Å². The number of amides is 3. The Labute approximate surface area is 307 Å². The van der Waals surface area contributed by atoms with E-state index in [1.165, 1.54) is 14.8 Å². The molecular formula is C35H47F3N10O4S. The molecule has 53 heavy (non-hydrogen) atoms. The molecule has 0 aliphatic carbocycles. The van der Waals surface area contributed by atoms with Crippen molar-refractivity contribution in [2.75, 3.05) is 62.6 Å². The van der Waals surface area contributed by atoms with Crippen LogP contribution in [0.5, 0.6) is 0 Å². The fourth-order valence-corrected chi connectivity index (χ4v) is 9.79. The van der Waals surface area contributed by atoms with Crippen LogP contribution >= 0.6 is 0 Å². The highest BCUT2D eigenvalue weighted by molar-refractivity contribution is 7.86. The van der Waals surface area contributed by atoms with E-state index in [0.717, 1.165) is 81.5 Å². The number of nitrogens with zero attached hydrogens (tertiary/aromatic N) is 8. The van der Waals surface area contributed by atoms with Gasteiger partial charge in [-0.1, -0.05) is 6.07 Å². The van der Waals surface area contributed by atoms with Crippen LogP contribution in [0.25, 0.3) is 10.9 Å². The van der Waals surface area contributed by atoms with Crippen molar-refractivity contribution in [3.05, 3.63) is 41.7 Å². The average molecular weight is 761 g/mol. The summed E-state index contributed by atoms with van der Waals surface area (Å²) in [5, 5.41) is 10.9. The number of halogens is 3. The third kappa shape index (κ3) is 8.44. The fraction of sp³-hybridized carbons (Fsp3) is 0.629. The lowest BCUT2D eigenvalue weighted by molar-refractivity contribution is -0.138. The standard InChI is InChI=1S/C35H47F3N10O4S/c1-44-30-21-26(4-5-29(30)32(43-44)48-20-12-31(49)42-34(48)50)25-8-14-45(15-9-25)13-2-3-24-6-16-46(17-7-24)53(51,52)47-18-10-28(11-19-47)41-33-39-22-27(23-40-33)35(36,37)38/h4-5,21-25,28H,2-3,6-20H2,1H3,(H,39,40,41)(H,42,49,50). The number of nitrogens with one attached hydrogen (secondary N) is 2. The maximum atomic E-state index is 13.4. The van der Waals surface area contributed by atoms with E-state index >= 15 is 0 Å². The first-order valence-corrected chi connectivity index (χ1v) is 20.0. The Morgan fingerprint density at radius 3 is 2.21 bits per heavy atom. The van der Waals surface area contributed by atoms with Gasteiger partial charge < -0.3 is 10.2 Å². The molecule has 14 nitrogen and oxygen atoms in total. The number of piperidine rings is 3. The van der Waals surface area contributed by atoms with Gasteiger partial charge in [-0.2, -0.15) is 35.3 Å². The minimum Gasteiger partial charge on any atom is -0.351 e. The lowest BCUT2D eigenvalue weighted by Crippen LogP contribution is -2.51. The van der Waals surface area contributed by atoms with Crippen LogP contribution in [0.1, 0.15) is 74.8 Å². The van der Waals surface area contributed by atoms with E-state index in [9.17, 15) is 31.2 Å². The summed E-state index contributed by atoms with van der Waals surface area (Å²) in [6.07, 6.45) is 4.29. The molecule has 2 N–H and O–H groups in total. The van der Waals surface area contributed by atoms with Gasteiger partial charge in [0.2, 0.25) is 11.9 Å². The number of urea groups is 1. The van der Waals surface area contributed by atoms with Crippen LogP contribution in [0.3, 0.4) is 0 Å². The Morgan fingerprint density at radius 1 is 0.906 bits per heavy atom. The Morgan fingerprint density at radius 2 is 1.57 bits per heavy atom. The SMILES string of the molecule is Cn1nc(N2CCC(=O)NC2=O)c2ccc(C3CCN(CCCC4CCN(S(=O)(=O)N5CCC(Nc6ncc(C(F)(F)F)cn6)CC5)CC4)CC3)cc21. The van der Waals surface area contributed by atoms with Crippen molar-refractivity contribution in [3.8, 4) is 0 Å². The lowest BCUT2D eigenvalue weighted by atomic mass is 9.88. The van der Waals surface area contributed by atoms with E-state index in [4.69, 9.17) is 0 Å². The Bertz CT molecular complexity index is 1880. The number of fused-ring (bicyclic) bond motifs is 1. The van der Waals surface area contributed by atoms with Crippen LogP contribution in [0, 0.1) is 5.92 Å². The molecule has 0 unspecified atom stereocenters. The number of anilines is 2. The van der Waals surface area contributed by atoms with E-state index in [1.807, 2.05) is 17.8 Å². The van der Waals surface area contributed by atoms with Crippen molar-refractivity contribution in [2.24, 2.45) is 13.0 Å². The van der Waals surface area contributed by atoms with E-state index in [1.54, 1.807) is 4.31 Å². The molecule has 18 heteroatoms. The van der Waals surface area contributed by atoms with Crippen LogP contribution in [0.15, 0.2) is 30.6 Å². The number of likely N-dealkylation sites (tertiary alicyclic amines) is 1. The molecule has 4 aliphatic rings. The summed E-state index contributed by atoms with van der Waals surface area (Å²) in [5.74, 6) is 1.37. The number of carbonyl (C=O) groups is 2. The van der Waals surface area contributed by atoms with Gasteiger partial charge in [0.05, 0.1) is 11.1 Å². The van der Waals surface area contributed by atoms with Crippen LogP contribution in [0.2, 0.25) is 0 Å².